The van der Waals surface area contributed by atoms with Gasteiger partial charge < -0.3 is 9.64 Å². The number of alkyl halides is 1. The highest BCUT2D eigenvalue weighted by molar-refractivity contribution is 9.09. The summed E-state index contributed by atoms with van der Waals surface area (Å²) in [4.78, 5) is 13.8. The van der Waals surface area contributed by atoms with Gasteiger partial charge in [0.05, 0.1) is 12.5 Å². The van der Waals surface area contributed by atoms with Crippen LogP contribution in [0.2, 0.25) is 0 Å². The molecule has 1 aliphatic rings. The van der Waals surface area contributed by atoms with E-state index in [4.69, 9.17) is 4.74 Å². The summed E-state index contributed by atoms with van der Waals surface area (Å²) in [6.07, 6.45) is 0.863. The average molecular weight is 264 g/mol. The second-order valence-corrected chi connectivity index (χ2v) is 4.96. The van der Waals surface area contributed by atoms with Crippen molar-refractivity contribution in [3.8, 4) is 0 Å². The molecule has 1 amide bonds. The summed E-state index contributed by atoms with van der Waals surface area (Å²) < 4.78 is 5.22. The molecule has 3 nitrogen and oxygen atoms in total. The molecule has 0 aliphatic carbocycles. The van der Waals surface area contributed by atoms with Crippen molar-refractivity contribution in [1.29, 1.82) is 0 Å². The Labute approximate surface area is 93.9 Å². The Morgan fingerprint density at radius 1 is 1.64 bits per heavy atom. The number of hydrogen-bond acceptors (Lipinski definition) is 2. The van der Waals surface area contributed by atoms with Gasteiger partial charge in [-0.25, -0.2) is 0 Å². The molecule has 1 fully saturated rings. The normalized spacial score (nSPS) is 22.4. The van der Waals surface area contributed by atoms with Crippen LogP contribution < -0.4 is 0 Å². The number of hydrogen-bond donors (Lipinski definition) is 0. The van der Waals surface area contributed by atoms with Gasteiger partial charge in [0.2, 0.25) is 5.91 Å². The predicted octanol–water partition coefficient (Wildman–Crippen LogP) is 1.65. The molecule has 1 saturated heterocycles. The van der Waals surface area contributed by atoms with Crippen LogP contribution in [0.4, 0.5) is 0 Å². The minimum atomic E-state index is -0.125. The highest BCUT2D eigenvalue weighted by atomic mass is 79.9. The van der Waals surface area contributed by atoms with Gasteiger partial charge in [0, 0.05) is 24.5 Å². The van der Waals surface area contributed by atoms with Gasteiger partial charge in [-0.15, -0.1) is 0 Å². The predicted molar refractivity (Wildman–Crippen MR) is 59.6 cm³/mol. The van der Waals surface area contributed by atoms with Gasteiger partial charge in [-0.3, -0.25) is 4.79 Å². The van der Waals surface area contributed by atoms with E-state index in [2.05, 4.69) is 29.8 Å². The fourth-order valence-electron chi connectivity index (χ4n) is 1.39. The van der Waals surface area contributed by atoms with Gasteiger partial charge in [0.15, 0.2) is 0 Å². The lowest BCUT2D eigenvalue weighted by atomic mass is 10.0. The topological polar surface area (TPSA) is 29.5 Å². The van der Waals surface area contributed by atoms with Crippen molar-refractivity contribution >= 4 is 21.8 Å². The third-order valence-corrected chi connectivity index (χ3v) is 4.22. The van der Waals surface area contributed by atoms with Crippen LogP contribution in [0.15, 0.2) is 0 Å². The SMILES string of the molecule is CN(C(=O)C1CCOC1)C(C)(C)CBr. The zero-order valence-electron chi connectivity index (χ0n) is 9.05. The van der Waals surface area contributed by atoms with E-state index >= 15 is 0 Å². The first-order chi connectivity index (χ1) is 6.49. The Bertz CT molecular complexity index is 212. The fourth-order valence-corrected chi connectivity index (χ4v) is 1.77. The Hall–Kier alpha value is -0.0900. The van der Waals surface area contributed by atoms with Crippen LogP contribution >= 0.6 is 15.9 Å². The zero-order chi connectivity index (χ0) is 10.8. The molecule has 14 heavy (non-hydrogen) atoms. The lowest BCUT2D eigenvalue weighted by Crippen LogP contribution is -2.48. The summed E-state index contributed by atoms with van der Waals surface area (Å²) in [6.45, 7) is 5.41. The largest absolute Gasteiger partial charge is 0.381 e. The first kappa shape index (κ1) is 12.0. The number of halogens is 1. The molecule has 1 heterocycles. The van der Waals surface area contributed by atoms with Crippen molar-refractivity contribution in [1.82, 2.24) is 4.90 Å². The van der Waals surface area contributed by atoms with Gasteiger partial charge >= 0.3 is 0 Å². The Kier molecular flexibility index (Phi) is 3.95. The Morgan fingerprint density at radius 2 is 2.29 bits per heavy atom. The number of nitrogens with zero attached hydrogens (tertiary/aromatic N) is 1. The third kappa shape index (κ3) is 2.48. The molecule has 1 unspecified atom stereocenters. The summed E-state index contributed by atoms with van der Waals surface area (Å²) in [5.74, 6) is 0.269. The molecule has 4 heteroatoms. The molecule has 0 saturated carbocycles. The quantitative estimate of drug-likeness (QED) is 0.725. The molecular weight excluding hydrogens is 246 g/mol. The molecule has 82 valence electrons. The number of ether oxygens (including phenoxy) is 1. The maximum Gasteiger partial charge on any atom is 0.228 e. The summed E-state index contributed by atoms with van der Waals surface area (Å²) >= 11 is 3.42. The van der Waals surface area contributed by atoms with Crippen LogP contribution in [0.3, 0.4) is 0 Å². The monoisotopic (exact) mass is 263 g/mol. The Balaban J connectivity index is 2.59. The van der Waals surface area contributed by atoms with E-state index in [1.807, 2.05) is 11.9 Å². The van der Waals surface area contributed by atoms with Gasteiger partial charge in [-0.1, -0.05) is 15.9 Å². The van der Waals surface area contributed by atoms with Gasteiger partial charge in [0.25, 0.3) is 0 Å². The zero-order valence-corrected chi connectivity index (χ0v) is 10.6. The van der Waals surface area contributed by atoms with Crippen molar-refractivity contribution in [2.24, 2.45) is 5.92 Å². The number of rotatable bonds is 3. The lowest BCUT2D eigenvalue weighted by Gasteiger charge is -2.35. The molecule has 0 aromatic heterocycles. The highest BCUT2D eigenvalue weighted by Crippen LogP contribution is 2.21. The summed E-state index contributed by atoms with van der Waals surface area (Å²) in [6, 6.07) is 0. The van der Waals surface area contributed by atoms with Crippen molar-refractivity contribution in [2.75, 3.05) is 25.6 Å². The van der Waals surface area contributed by atoms with Crippen LogP contribution in [-0.4, -0.2) is 41.9 Å². The maximum atomic E-state index is 12.0. The minimum Gasteiger partial charge on any atom is -0.381 e. The molecule has 0 radical (unpaired) electrons. The molecule has 1 aliphatic heterocycles. The van der Waals surface area contributed by atoms with Gasteiger partial charge in [-0.05, 0) is 20.3 Å². The smallest absolute Gasteiger partial charge is 0.228 e. The number of carbonyl (C=O) groups is 1. The third-order valence-electron chi connectivity index (χ3n) is 2.84. The molecule has 0 N–H and O–H groups in total. The Morgan fingerprint density at radius 3 is 2.71 bits per heavy atom. The first-order valence-corrected chi connectivity index (χ1v) is 6.02. The molecule has 0 spiro atoms. The van der Waals surface area contributed by atoms with Crippen LogP contribution in [0.5, 0.6) is 0 Å². The summed E-state index contributed by atoms with van der Waals surface area (Å²) in [5.41, 5.74) is -0.125. The minimum absolute atomic E-state index is 0.0679. The number of carbonyl (C=O) groups excluding carboxylic acids is 1. The van der Waals surface area contributed by atoms with E-state index in [0.717, 1.165) is 18.4 Å². The second kappa shape index (κ2) is 4.62. The van der Waals surface area contributed by atoms with E-state index in [9.17, 15) is 4.79 Å². The van der Waals surface area contributed by atoms with Crippen LogP contribution in [0.25, 0.3) is 0 Å². The molecule has 0 aromatic rings. The van der Waals surface area contributed by atoms with Crippen molar-refractivity contribution in [2.45, 2.75) is 25.8 Å². The van der Waals surface area contributed by atoms with E-state index in [0.29, 0.717) is 6.61 Å². The van der Waals surface area contributed by atoms with E-state index in [-0.39, 0.29) is 17.4 Å². The molecule has 1 atom stereocenters. The highest BCUT2D eigenvalue weighted by Gasteiger charge is 2.33. The van der Waals surface area contributed by atoms with Crippen LogP contribution in [0, 0.1) is 5.92 Å². The van der Waals surface area contributed by atoms with E-state index in [1.165, 1.54) is 0 Å². The molecule has 1 rings (SSSR count). The lowest BCUT2D eigenvalue weighted by molar-refractivity contribution is -0.138. The van der Waals surface area contributed by atoms with Gasteiger partial charge in [-0.2, -0.15) is 0 Å². The standard InChI is InChI=1S/C10H18BrNO2/c1-10(2,7-11)12(3)9(13)8-4-5-14-6-8/h8H,4-7H2,1-3H3. The molecular formula is C10H18BrNO2. The first-order valence-electron chi connectivity index (χ1n) is 4.90. The van der Waals surface area contributed by atoms with Crippen molar-refractivity contribution < 1.29 is 9.53 Å². The van der Waals surface area contributed by atoms with Crippen LogP contribution in [0.1, 0.15) is 20.3 Å². The fraction of sp³-hybridized carbons (Fsp3) is 0.900. The number of amides is 1. The molecule has 0 aromatic carbocycles. The van der Waals surface area contributed by atoms with Crippen LogP contribution in [-0.2, 0) is 9.53 Å². The summed E-state index contributed by atoms with van der Waals surface area (Å²) in [5, 5.41) is 0.788. The van der Waals surface area contributed by atoms with Crippen molar-refractivity contribution in [3.05, 3.63) is 0 Å². The van der Waals surface area contributed by atoms with E-state index < -0.39 is 0 Å². The maximum absolute atomic E-state index is 12.0. The van der Waals surface area contributed by atoms with Crippen molar-refractivity contribution in [3.63, 3.8) is 0 Å². The van der Waals surface area contributed by atoms with Gasteiger partial charge in [0.1, 0.15) is 0 Å². The second-order valence-electron chi connectivity index (χ2n) is 4.40. The summed E-state index contributed by atoms with van der Waals surface area (Å²) in [7, 11) is 1.86. The average Bonchev–Trinajstić information content (AvgIpc) is 2.68. The molecule has 0 bridgehead atoms. The van der Waals surface area contributed by atoms with E-state index in [1.54, 1.807) is 0 Å².